The summed E-state index contributed by atoms with van der Waals surface area (Å²) in [6, 6.07) is 6.96. The van der Waals surface area contributed by atoms with Gasteiger partial charge in [0.1, 0.15) is 0 Å². The second kappa shape index (κ2) is 7.99. The van der Waals surface area contributed by atoms with E-state index in [0.29, 0.717) is 23.7 Å². The number of rotatable bonds is 6. The Morgan fingerprint density at radius 1 is 1.48 bits per heavy atom. The molecule has 0 bridgehead atoms. The normalized spacial score (nSPS) is 12.0. The third kappa shape index (κ3) is 4.97. The Kier molecular flexibility index (Phi) is 6.01. The van der Waals surface area contributed by atoms with Crippen LogP contribution in [0.4, 0.5) is 10.5 Å². The first kappa shape index (κ1) is 17.3. The number of amides is 2. The van der Waals surface area contributed by atoms with E-state index in [1.807, 2.05) is 19.9 Å². The molecule has 23 heavy (non-hydrogen) atoms. The van der Waals surface area contributed by atoms with Crippen LogP contribution in [0.25, 0.3) is 0 Å². The Balaban J connectivity index is 1.95. The average molecular weight is 337 g/mol. The number of aromatic amines is 1. The lowest BCUT2D eigenvalue weighted by Crippen LogP contribution is -2.37. The minimum absolute atomic E-state index is 0.0530. The van der Waals surface area contributed by atoms with Gasteiger partial charge in [0.05, 0.1) is 12.3 Å². The molecule has 0 radical (unpaired) electrons. The molecule has 0 aliphatic rings. The number of nitrogens with one attached hydrogen (secondary N) is 3. The standard InChI is InChI=1S/C16H21ClN4O2/c1-10(7-12-8-11(2)20-21-12)18-16(22)19-15-6-4-5-14(17)13(15)9-23-3/h4-6,8,10H,7,9H2,1-3H3,(H,20,21)(H2,18,19,22)/t10-/m0/s1. The number of hydrogen-bond acceptors (Lipinski definition) is 3. The largest absolute Gasteiger partial charge is 0.380 e. The molecule has 1 heterocycles. The van der Waals surface area contributed by atoms with Crippen LogP contribution in [0.2, 0.25) is 5.02 Å². The number of carbonyl (C=O) groups excluding carboxylic acids is 1. The lowest BCUT2D eigenvalue weighted by molar-refractivity contribution is 0.185. The summed E-state index contributed by atoms with van der Waals surface area (Å²) in [5.74, 6) is 0. The Labute approximate surface area is 140 Å². The molecule has 0 aliphatic heterocycles. The quantitative estimate of drug-likeness (QED) is 0.757. The van der Waals surface area contributed by atoms with Gasteiger partial charge in [-0.05, 0) is 32.0 Å². The van der Waals surface area contributed by atoms with E-state index < -0.39 is 0 Å². The van der Waals surface area contributed by atoms with Crippen molar-refractivity contribution in [3.05, 3.63) is 46.2 Å². The van der Waals surface area contributed by atoms with Gasteiger partial charge in [-0.3, -0.25) is 5.10 Å². The van der Waals surface area contributed by atoms with Crippen molar-refractivity contribution in [2.45, 2.75) is 32.9 Å². The first-order valence-electron chi connectivity index (χ1n) is 7.34. The van der Waals surface area contributed by atoms with Gasteiger partial charge in [-0.25, -0.2) is 4.79 Å². The van der Waals surface area contributed by atoms with Crippen molar-refractivity contribution in [2.75, 3.05) is 12.4 Å². The zero-order valence-electron chi connectivity index (χ0n) is 13.4. The van der Waals surface area contributed by atoms with Gasteiger partial charge in [0.2, 0.25) is 0 Å². The number of aryl methyl sites for hydroxylation is 1. The molecule has 0 aliphatic carbocycles. The molecule has 1 atom stereocenters. The van der Waals surface area contributed by atoms with Crippen molar-refractivity contribution in [3.63, 3.8) is 0 Å². The molecule has 6 nitrogen and oxygen atoms in total. The van der Waals surface area contributed by atoms with E-state index in [0.717, 1.165) is 17.0 Å². The molecule has 2 rings (SSSR count). The molecule has 7 heteroatoms. The fraction of sp³-hybridized carbons (Fsp3) is 0.375. The summed E-state index contributed by atoms with van der Waals surface area (Å²) < 4.78 is 5.13. The molecular formula is C16H21ClN4O2. The minimum Gasteiger partial charge on any atom is -0.380 e. The van der Waals surface area contributed by atoms with Gasteiger partial charge in [-0.15, -0.1) is 0 Å². The minimum atomic E-state index is -0.288. The van der Waals surface area contributed by atoms with Crippen molar-refractivity contribution in [1.82, 2.24) is 15.5 Å². The van der Waals surface area contributed by atoms with Gasteiger partial charge < -0.3 is 15.4 Å². The van der Waals surface area contributed by atoms with Crippen LogP contribution in [-0.4, -0.2) is 29.4 Å². The number of benzene rings is 1. The van der Waals surface area contributed by atoms with Crippen molar-refractivity contribution >= 4 is 23.3 Å². The van der Waals surface area contributed by atoms with Gasteiger partial charge in [-0.1, -0.05) is 17.7 Å². The Morgan fingerprint density at radius 2 is 2.26 bits per heavy atom. The molecule has 2 amide bonds. The lowest BCUT2D eigenvalue weighted by atomic mass is 10.1. The molecule has 0 saturated carbocycles. The van der Waals surface area contributed by atoms with Crippen LogP contribution >= 0.6 is 11.6 Å². The summed E-state index contributed by atoms with van der Waals surface area (Å²) >= 11 is 6.14. The van der Waals surface area contributed by atoms with E-state index in [9.17, 15) is 4.79 Å². The number of carbonyl (C=O) groups is 1. The average Bonchev–Trinajstić information content (AvgIpc) is 2.87. The Bertz CT molecular complexity index is 672. The molecule has 0 fully saturated rings. The highest BCUT2D eigenvalue weighted by molar-refractivity contribution is 6.31. The van der Waals surface area contributed by atoms with Crippen LogP contribution in [0, 0.1) is 6.92 Å². The SMILES string of the molecule is COCc1c(Cl)cccc1NC(=O)N[C@@H](C)Cc1cc(C)[nH]n1. The van der Waals surface area contributed by atoms with E-state index >= 15 is 0 Å². The summed E-state index contributed by atoms with van der Waals surface area (Å²) in [7, 11) is 1.58. The summed E-state index contributed by atoms with van der Waals surface area (Å²) in [4.78, 5) is 12.2. The highest BCUT2D eigenvalue weighted by Gasteiger charge is 2.13. The van der Waals surface area contributed by atoms with E-state index in [1.54, 1.807) is 25.3 Å². The maximum atomic E-state index is 12.2. The lowest BCUT2D eigenvalue weighted by Gasteiger charge is -2.16. The molecule has 124 valence electrons. The molecule has 3 N–H and O–H groups in total. The first-order valence-corrected chi connectivity index (χ1v) is 7.72. The topological polar surface area (TPSA) is 79.0 Å². The molecule has 0 unspecified atom stereocenters. The Morgan fingerprint density at radius 3 is 2.91 bits per heavy atom. The third-order valence-electron chi connectivity index (χ3n) is 3.31. The number of anilines is 1. The molecule has 0 spiro atoms. The number of halogens is 1. The number of methoxy groups -OCH3 is 1. The molecule has 2 aromatic rings. The fourth-order valence-electron chi connectivity index (χ4n) is 2.29. The van der Waals surface area contributed by atoms with Crippen LogP contribution in [-0.2, 0) is 17.8 Å². The molecule has 1 aromatic carbocycles. The van der Waals surface area contributed by atoms with E-state index in [4.69, 9.17) is 16.3 Å². The maximum absolute atomic E-state index is 12.2. The van der Waals surface area contributed by atoms with Gasteiger partial charge in [0.25, 0.3) is 0 Å². The maximum Gasteiger partial charge on any atom is 0.319 e. The molecule has 0 saturated heterocycles. The summed E-state index contributed by atoms with van der Waals surface area (Å²) in [6.45, 7) is 4.20. The number of hydrogen-bond donors (Lipinski definition) is 3. The van der Waals surface area contributed by atoms with Crippen LogP contribution in [0.3, 0.4) is 0 Å². The second-order valence-corrected chi connectivity index (χ2v) is 5.85. The highest BCUT2D eigenvalue weighted by atomic mass is 35.5. The highest BCUT2D eigenvalue weighted by Crippen LogP contribution is 2.25. The first-order chi connectivity index (χ1) is 11.0. The van der Waals surface area contributed by atoms with Crippen LogP contribution < -0.4 is 10.6 Å². The van der Waals surface area contributed by atoms with Gasteiger partial charge in [-0.2, -0.15) is 5.10 Å². The van der Waals surface area contributed by atoms with Crippen molar-refractivity contribution < 1.29 is 9.53 Å². The zero-order chi connectivity index (χ0) is 16.8. The van der Waals surface area contributed by atoms with Gasteiger partial charge in [0.15, 0.2) is 0 Å². The van der Waals surface area contributed by atoms with E-state index in [2.05, 4.69) is 20.8 Å². The monoisotopic (exact) mass is 336 g/mol. The number of urea groups is 1. The third-order valence-corrected chi connectivity index (χ3v) is 3.66. The van der Waals surface area contributed by atoms with E-state index in [-0.39, 0.29) is 12.1 Å². The summed E-state index contributed by atoms with van der Waals surface area (Å²) in [6.07, 6.45) is 0.651. The van der Waals surface area contributed by atoms with E-state index in [1.165, 1.54) is 0 Å². The van der Waals surface area contributed by atoms with Gasteiger partial charge in [0, 0.05) is 41.5 Å². The number of H-pyrrole nitrogens is 1. The fourth-order valence-corrected chi connectivity index (χ4v) is 2.52. The summed E-state index contributed by atoms with van der Waals surface area (Å²) in [5.41, 5.74) is 3.31. The number of ether oxygens (including phenoxy) is 1. The van der Waals surface area contributed by atoms with Gasteiger partial charge >= 0.3 is 6.03 Å². The van der Waals surface area contributed by atoms with Crippen molar-refractivity contribution in [3.8, 4) is 0 Å². The molecule has 1 aromatic heterocycles. The molecular weight excluding hydrogens is 316 g/mol. The smallest absolute Gasteiger partial charge is 0.319 e. The van der Waals surface area contributed by atoms with Crippen LogP contribution in [0.15, 0.2) is 24.3 Å². The van der Waals surface area contributed by atoms with Crippen LogP contribution in [0.5, 0.6) is 0 Å². The summed E-state index contributed by atoms with van der Waals surface area (Å²) in [5, 5.41) is 13.3. The van der Waals surface area contributed by atoms with Crippen LogP contribution in [0.1, 0.15) is 23.9 Å². The van der Waals surface area contributed by atoms with Crippen molar-refractivity contribution in [2.24, 2.45) is 0 Å². The predicted molar refractivity (Wildman–Crippen MR) is 90.8 cm³/mol. The second-order valence-electron chi connectivity index (χ2n) is 5.44. The number of aromatic nitrogens is 2. The predicted octanol–water partition coefficient (Wildman–Crippen LogP) is 3.27. The number of nitrogens with zero attached hydrogens (tertiary/aromatic N) is 1. The Hall–Kier alpha value is -2.05. The zero-order valence-corrected chi connectivity index (χ0v) is 14.2. The van der Waals surface area contributed by atoms with Crippen molar-refractivity contribution in [1.29, 1.82) is 0 Å².